The minimum atomic E-state index is 0.502. The van der Waals surface area contributed by atoms with Crippen LogP contribution in [0.4, 0.5) is 0 Å². The fourth-order valence-corrected chi connectivity index (χ4v) is 1.28. The molecule has 0 atom stereocenters. The van der Waals surface area contributed by atoms with Crippen molar-refractivity contribution in [2.24, 2.45) is 12.8 Å². The molecule has 2 heterocycles. The van der Waals surface area contributed by atoms with Crippen LogP contribution in [0.25, 0.3) is 11.6 Å². The van der Waals surface area contributed by atoms with Crippen LogP contribution in [0, 0.1) is 0 Å². The number of imidazole rings is 1. The molecule has 6 heteroatoms. The lowest BCUT2D eigenvalue weighted by Crippen LogP contribution is -2.01. The fourth-order valence-electron chi connectivity index (χ4n) is 1.28. The van der Waals surface area contributed by atoms with Crippen LogP contribution >= 0.6 is 0 Å². The molecular weight excluding hydrogens is 194 g/mol. The highest BCUT2D eigenvalue weighted by atomic mass is 16.5. The largest absolute Gasteiger partial charge is 0.332 e. The van der Waals surface area contributed by atoms with E-state index in [1.807, 2.05) is 11.6 Å². The van der Waals surface area contributed by atoms with Crippen LogP contribution in [-0.4, -0.2) is 26.2 Å². The molecule has 0 fully saturated rings. The summed E-state index contributed by atoms with van der Waals surface area (Å²) in [6, 6.07) is 0. The molecular formula is C9H13N5O. The second-order valence-corrected chi connectivity index (χ2v) is 3.30. The van der Waals surface area contributed by atoms with Gasteiger partial charge in [0.25, 0.3) is 5.89 Å². The third-order valence-electron chi connectivity index (χ3n) is 2.11. The van der Waals surface area contributed by atoms with Gasteiger partial charge < -0.3 is 14.8 Å². The van der Waals surface area contributed by atoms with Crippen molar-refractivity contribution in [3.8, 4) is 11.6 Å². The van der Waals surface area contributed by atoms with Crippen molar-refractivity contribution in [1.29, 1.82) is 0 Å². The molecule has 0 aromatic carbocycles. The molecule has 15 heavy (non-hydrogen) atoms. The predicted octanol–water partition coefficient (Wildman–Crippen LogP) is 0.361. The Morgan fingerprint density at radius 1 is 1.53 bits per heavy atom. The smallest absolute Gasteiger partial charge is 0.276 e. The summed E-state index contributed by atoms with van der Waals surface area (Å²) in [5, 5.41) is 3.87. The number of aromatic nitrogens is 4. The van der Waals surface area contributed by atoms with E-state index < -0.39 is 0 Å². The molecule has 0 saturated heterocycles. The fraction of sp³-hybridized carbons (Fsp3) is 0.444. The van der Waals surface area contributed by atoms with Crippen molar-refractivity contribution in [2.75, 3.05) is 6.54 Å². The highest BCUT2D eigenvalue weighted by molar-refractivity contribution is 5.45. The first kappa shape index (κ1) is 9.85. The Kier molecular flexibility index (Phi) is 2.77. The highest BCUT2D eigenvalue weighted by Crippen LogP contribution is 2.15. The molecule has 0 unspecified atom stereocenters. The molecule has 0 saturated carbocycles. The van der Waals surface area contributed by atoms with E-state index in [0.29, 0.717) is 18.3 Å². The Hall–Kier alpha value is -1.69. The van der Waals surface area contributed by atoms with Crippen LogP contribution in [0.2, 0.25) is 0 Å². The zero-order valence-corrected chi connectivity index (χ0v) is 8.55. The number of nitrogens with two attached hydrogens (primary N) is 1. The molecule has 6 nitrogen and oxygen atoms in total. The van der Waals surface area contributed by atoms with Crippen molar-refractivity contribution in [1.82, 2.24) is 19.7 Å². The lowest BCUT2D eigenvalue weighted by atomic mass is 10.3. The van der Waals surface area contributed by atoms with E-state index in [4.69, 9.17) is 10.3 Å². The zero-order valence-electron chi connectivity index (χ0n) is 8.55. The molecule has 80 valence electrons. The second kappa shape index (κ2) is 4.22. The summed E-state index contributed by atoms with van der Waals surface area (Å²) in [4.78, 5) is 8.24. The van der Waals surface area contributed by atoms with Crippen LogP contribution in [0.15, 0.2) is 17.0 Å². The average molecular weight is 207 g/mol. The van der Waals surface area contributed by atoms with E-state index in [2.05, 4.69) is 15.1 Å². The van der Waals surface area contributed by atoms with Crippen LogP contribution in [0.5, 0.6) is 0 Å². The van der Waals surface area contributed by atoms with Crippen molar-refractivity contribution < 1.29 is 4.52 Å². The Morgan fingerprint density at radius 3 is 3.07 bits per heavy atom. The van der Waals surface area contributed by atoms with Crippen molar-refractivity contribution >= 4 is 0 Å². The number of rotatable bonds is 4. The first-order chi connectivity index (χ1) is 7.31. The van der Waals surface area contributed by atoms with Gasteiger partial charge >= 0.3 is 0 Å². The molecule has 0 spiro atoms. The van der Waals surface area contributed by atoms with Gasteiger partial charge in [-0.15, -0.1) is 0 Å². The number of nitrogens with zero attached hydrogens (tertiary/aromatic N) is 4. The molecule has 0 aliphatic carbocycles. The highest BCUT2D eigenvalue weighted by Gasteiger charge is 2.11. The van der Waals surface area contributed by atoms with Crippen molar-refractivity contribution in [3.63, 3.8) is 0 Å². The van der Waals surface area contributed by atoms with E-state index in [9.17, 15) is 0 Å². The minimum absolute atomic E-state index is 0.502. The Balaban J connectivity index is 2.17. The molecule has 0 amide bonds. The Bertz CT molecular complexity index is 433. The summed E-state index contributed by atoms with van der Waals surface area (Å²) in [5.74, 6) is 1.19. The Labute approximate surface area is 87.1 Å². The molecule has 2 aromatic rings. The molecule has 2 aromatic heterocycles. The number of aryl methyl sites for hydroxylation is 2. The van der Waals surface area contributed by atoms with Gasteiger partial charge in [0.2, 0.25) is 0 Å². The molecule has 0 aliphatic heterocycles. The standard InChI is InChI=1S/C9H13N5O/c1-14-6-11-5-7(14)9-12-8(13-15-9)3-2-4-10/h5-6H,2-4,10H2,1H3. The van der Waals surface area contributed by atoms with Gasteiger partial charge in [0, 0.05) is 13.5 Å². The van der Waals surface area contributed by atoms with Crippen molar-refractivity contribution in [2.45, 2.75) is 12.8 Å². The lowest BCUT2D eigenvalue weighted by molar-refractivity contribution is 0.419. The maximum atomic E-state index is 5.40. The summed E-state index contributed by atoms with van der Waals surface area (Å²) < 4.78 is 6.96. The lowest BCUT2D eigenvalue weighted by Gasteiger charge is -1.93. The number of hydrogen-bond acceptors (Lipinski definition) is 5. The van der Waals surface area contributed by atoms with Gasteiger partial charge in [-0.2, -0.15) is 4.98 Å². The van der Waals surface area contributed by atoms with Crippen molar-refractivity contribution in [3.05, 3.63) is 18.3 Å². The van der Waals surface area contributed by atoms with Gasteiger partial charge in [-0.3, -0.25) is 0 Å². The third kappa shape index (κ3) is 2.04. The zero-order chi connectivity index (χ0) is 10.7. The van der Waals surface area contributed by atoms with E-state index in [-0.39, 0.29) is 0 Å². The van der Waals surface area contributed by atoms with E-state index in [1.54, 1.807) is 12.5 Å². The molecule has 2 rings (SSSR count). The molecule has 0 radical (unpaired) electrons. The first-order valence-corrected chi connectivity index (χ1v) is 4.80. The molecule has 0 aliphatic rings. The van der Waals surface area contributed by atoms with E-state index in [0.717, 1.165) is 18.5 Å². The monoisotopic (exact) mass is 207 g/mol. The Morgan fingerprint density at radius 2 is 2.40 bits per heavy atom. The SMILES string of the molecule is Cn1cncc1-c1nc(CCCN)no1. The van der Waals surface area contributed by atoms with Gasteiger partial charge in [-0.1, -0.05) is 5.16 Å². The average Bonchev–Trinajstić information content (AvgIpc) is 2.83. The topological polar surface area (TPSA) is 82.8 Å². The van der Waals surface area contributed by atoms with Gasteiger partial charge in [-0.25, -0.2) is 4.98 Å². The van der Waals surface area contributed by atoms with E-state index in [1.165, 1.54) is 0 Å². The first-order valence-electron chi connectivity index (χ1n) is 4.80. The molecule has 2 N–H and O–H groups in total. The normalized spacial score (nSPS) is 10.8. The van der Waals surface area contributed by atoms with Gasteiger partial charge in [0.1, 0.15) is 5.69 Å². The maximum Gasteiger partial charge on any atom is 0.276 e. The van der Waals surface area contributed by atoms with Gasteiger partial charge in [-0.05, 0) is 13.0 Å². The minimum Gasteiger partial charge on any atom is -0.332 e. The second-order valence-electron chi connectivity index (χ2n) is 3.30. The van der Waals surface area contributed by atoms with E-state index >= 15 is 0 Å². The van der Waals surface area contributed by atoms with Crippen LogP contribution in [0.1, 0.15) is 12.2 Å². The van der Waals surface area contributed by atoms with Gasteiger partial charge in [0.15, 0.2) is 5.82 Å². The predicted molar refractivity (Wildman–Crippen MR) is 53.9 cm³/mol. The van der Waals surface area contributed by atoms with Crippen LogP contribution < -0.4 is 5.73 Å². The van der Waals surface area contributed by atoms with Crippen LogP contribution in [-0.2, 0) is 13.5 Å². The maximum absolute atomic E-state index is 5.40. The quantitative estimate of drug-likeness (QED) is 0.782. The summed E-state index contributed by atoms with van der Waals surface area (Å²) in [6.07, 6.45) is 5.00. The van der Waals surface area contributed by atoms with Crippen LogP contribution in [0.3, 0.4) is 0 Å². The molecule has 0 bridgehead atoms. The summed E-state index contributed by atoms with van der Waals surface area (Å²) in [6.45, 7) is 0.635. The summed E-state index contributed by atoms with van der Waals surface area (Å²) in [5.41, 5.74) is 6.22. The van der Waals surface area contributed by atoms with Gasteiger partial charge in [0.05, 0.1) is 12.5 Å². The number of hydrogen-bond donors (Lipinski definition) is 1. The summed E-state index contributed by atoms with van der Waals surface area (Å²) in [7, 11) is 1.88. The third-order valence-corrected chi connectivity index (χ3v) is 2.11. The summed E-state index contributed by atoms with van der Waals surface area (Å²) >= 11 is 0.